The van der Waals surface area contributed by atoms with E-state index in [4.69, 9.17) is 4.74 Å². The van der Waals surface area contributed by atoms with E-state index in [0.717, 1.165) is 16.7 Å². The Balaban J connectivity index is 2.48. The van der Waals surface area contributed by atoms with Crippen LogP contribution in [0.15, 0.2) is 29.9 Å². The Morgan fingerprint density at radius 2 is 2.33 bits per heavy atom. The lowest BCUT2D eigenvalue weighted by molar-refractivity contribution is 0.112. The van der Waals surface area contributed by atoms with Crippen LogP contribution in [0.5, 0.6) is 5.75 Å². The van der Waals surface area contributed by atoms with Gasteiger partial charge >= 0.3 is 0 Å². The van der Waals surface area contributed by atoms with Crippen LogP contribution in [0.4, 0.5) is 0 Å². The Morgan fingerprint density at radius 3 is 2.93 bits per heavy atom. The largest absolute Gasteiger partial charge is 0.496 e. The Labute approximate surface area is 91.4 Å². The molecule has 0 radical (unpaired) electrons. The zero-order chi connectivity index (χ0) is 10.7. The second-order valence-electron chi connectivity index (χ2n) is 2.94. The van der Waals surface area contributed by atoms with Gasteiger partial charge in [-0.1, -0.05) is 0 Å². The van der Waals surface area contributed by atoms with Crippen molar-refractivity contribution in [2.75, 3.05) is 7.11 Å². The van der Waals surface area contributed by atoms with E-state index in [9.17, 15) is 4.79 Å². The molecule has 4 heteroatoms. The molecule has 1 aromatic carbocycles. The first kappa shape index (κ1) is 9.86. The van der Waals surface area contributed by atoms with Gasteiger partial charge in [-0.2, -0.15) is 0 Å². The molecule has 0 aliphatic carbocycles. The highest BCUT2D eigenvalue weighted by Gasteiger charge is 2.05. The molecule has 0 aliphatic rings. The molecule has 0 fully saturated rings. The lowest BCUT2D eigenvalue weighted by Gasteiger charge is -2.04. The lowest BCUT2D eigenvalue weighted by Crippen LogP contribution is -1.90. The van der Waals surface area contributed by atoms with Gasteiger partial charge in [-0.3, -0.25) is 9.78 Å². The van der Waals surface area contributed by atoms with E-state index in [1.54, 1.807) is 42.3 Å². The van der Waals surface area contributed by atoms with Gasteiger partial charge in [0.15, 0.2) is 6.29 Å². The summed E-state index contributed by atoms with van der Waals surface area (Å²) in [5.74, 6) is 0.596. The minimum absolute atomic E-state index is 0.559. The maximum atomic E-state index is 10.8. The van der Waals surface area contributed by atoms with Gasteiger partial charge in [0.1, 0.15) is 5.75 Å². The molecule has 0 N–H and O–H groups in total. The molecule has 0 bridgehead atoms. The number of thiazole rings is 1. The van der Waals surface area contributed by atoms with E-state index in [2.05, 4.69) is 4.98 Å². The predicted octanol–water partition coefficient (Wildman–Crippen LogP) is 2.63. The van der Waals surface area contributed by atoms with Crippen molar-refractivity contribution < 1.29 is 9.53 Å². The summed E-state index contributed by atoms with van der Waals surface area (Å²) in [6.07, 6.45) is 2.57. The van der Waals surface area contributed by atoms with Crippen molar-refractivity contribution in [3.63, 3.8) is 0 Å². The monoisotopic (exact) mass is 219 g/mol. The van der Waals surface area contributed by atoms with Crippen LogP contribution in [0.25, 0.3) is 10.4 Å². The fraction of sp³-hybridized carbons (Fsp3) is 0.0909. The molecule has 0 spiro atoms. The minimum atomic E-state index is 0.559. The van der Waals surface area contributed by atoms with Crippen LogP contribution in [0.2, 0.25) is 0 Å². The maximum absolute atomic E-state index is 10.8. The molecule has 76 valence electrons. The van der Waals surface area contributed by atoms with E-state index < -0.39 is 0 Å². The second-order valence-corrected chi connectivity index (χ2v) is 3.83. The standard InChI is InChI=1S/C11H9NO2S/c1-14-10-3-2-8(4-9(10)6-13)11-5-12-7-15-11/h2-7H,1H3. The fourth-order valence-corrected chi connectivity index (χ4v) is 1.96. The van der Waals surface area contributed by atoms with Crippen molar-refractivity contribution in [2.24, 2.45) is 0 Å². The number of ether oxygens (including phenoxy) is 1. The topological polar surface area (TPSA) is 39.2 Å². The number of aldehydes is 1. The van der Waals surface area contributed by atoms with Crippen LogP contribution < -0.4 is 4.74 Å². The summed E-state index contributed by atoms with van der Waals surface area (Å²) in [5, 5.41) is 0. The summed E-state index contributed by atoms with van der Waals surface area (Å²) in [4.78, 5) is 15.9. The van der Waals surface area contributed by atoms with E-state index in [1.807, 2.05) is 6.07 Å². The van der Waals surface area contributed by atoms with E-state index in [1.165, 1.54) is 0 Å². The summed E-state index contributed by atoms with van der Waals surface area (Å²) in [6.45, 7) is 0. The Hall–Kier alpha value is -1.68. The van der Waals surface area contributed by atoms with Gasteiger partial charge in [0.2, 0.25) is 0 Å². The van der Waals surface area contributed by atoms with Crippen LogP contribution >= 0.6 is 11.3 Å². The third-order valence-corrected chi connectivity index (χ3v) is 2.90. The normalized spacial score (nSPS) is 9.93. The van der Waals surface area contributed by atoms with Crippen LogP contribution in [-0.4, -0.2) is 18.4 Å². The maximum Gasteiger partial charge on any atom is 0.153 e. The van der Waals surface area contributed by atoms with Gasteiger partial charge in [-0.05, 0) is 23.8 Å². The van der Waals surface area contributed by atoms with E-state index >= 15 is 0 Å². The van der Waals surface area contributed by atoms with Gasteiger partial charge in [-0.15, -0.1) is 11.3 Å². The number of benzene rings is 1. The number of carbonyl (C=O) groups excluding carboxylic acids is 1. The molecule has 1 heterocycles. The number of nitrogens with zero attached hydrogens (tertiary/aromatic N) is 1. The molecule has 15 heavy (non-hydrogen) atoms. The van der Waals surface area contributed by atoms with Crippen LogP contribution in [-0.2, 0) is 0 Å². The zero-order valence-corrected chi connectivity index (χ0v) is 8.95. The number of hydrogen-bond donors (Lipinski definition) is 0. The van der Waals surface area contributed by atoms with Gasteiger partial charge in [0.05, 0.1) is 23.1 Å². The average Bonchev–Trinajstić information content (AvgIpc) is 2.81. The predicted molar refractivity (Wildman–Crippen MR) is 59.5 cm³/mol. The molecule has 2 aromatic rings. The van der Waals surface area contributed by atoms with Crippen molar-refractivity contribution in [3.8, 4) is 16.2 Å². The quantitative estimate of drug-likeness (QED) is 0.745. The summed E-state index contributed by atoms with van der Waals surface area (Å²) in [5.41, 5.74) is 3.31. The highest BCUT2D eigenvalue weighted by Crippen LogP contribution is 2.27. The lowest BCUT2D eigenvalue weighted by atomic mass is 10.1. The van der Waals surface area contributed by atoms with Gasteiger partial charge in [-0.25, -0.2) is 0 Å². The van der Waals surface area contributed by atoms with Crippen molar-refractivity contribution in [1.29, 1.82) is 0 Å². The molecule has 0 aliphatic heterocycles. The summed E-state index contributed by atoms with van der Waals surface area (Å²) in [7, 11) is 1.55. The highest BCUT2D eigenvalue weighted by molar-refractivity contribution is 7.13. The van der Waals surface area contributed by atoms with Gasteiger partial charge in [0.25, 0.3) is 0 Å². The van der Waals surface area contributed by atoms with Crippen molar-refractivity contribution in [2.45, 2.75) is 0 Å². The molecular weight excluding hydrogens is 210 g/mol. The number of hydrogen-bond acceptors (Lipinski definition) is 4. The van der Waals surface area contributed by atoms with Crippen LogP contribution in [0, 0.1) is 0 Å². The van der Waals surface area contributed by atoms with Crippen molar-refractivity contribution in [3.05, 3.63) is 35.5 Å². The first-order valence-corrected chi connectivity index (χ1v) is 5.25. The molecule has 0 saturated carbocycles. The van der Waals surface area contributed by atoms with Gasteiger partial charge in [0, 0.05) is 6.20 Å². The first-order valence-electron chi connectivity index (χ1n) is 4.37. The third-order valence-electron chi connectivity index (χ3n) is 2.07. The molecule has 0 atom stereocenters. The third kappa shape index (κ3) is 1.89. The molecule has 2 rings (SSSR count). The van der Waals surface area contributed by atoms with Crippen molar-refractivity contribution in [1.82, 2.24) is 4.98 Å². The van der Waals surface area contributed by atoms with Crippen LogP contribution in [0.3, 0.4) is 0 Å². The zero-order valence-electron chi connectivity index (χ0n) is 8.14. The van der Waals surface area contributed by atoms with Crippen LogP contribution in [0.1, 0.15) is 10.4 Å². The number of methoxy groups -OCH3 is 1. The molecular formula is C11H9NO2S. The Morgan fingerprint density at radius 1 is 1.47 bits per heavy atom. The Kier molecular flexibility index (Phi) is 2.78. The van der Waals surface area contributed by atoms with E-state index in [0.29, 0.717) is 11.3 Å². The average molecular weight is 219 g/mol. The second kappa shape index (κ2) is 4.23. The molecule has 0 unspecified atom stereocenters. The summed E-state index contributed by atoms with van der Waals surface area (Å²) in [6, 6.07) is 5.51. The molecule has 3 nitrogen and oxygen atoms in total. The first-order chi connectivity index (χ1) is 7.35. The minimum Gasteiger partial charge on any atom is -0.496 e. The smallest absolute Gasteiger partial charge is 0.153 e. The SMILES string of the molecule is COc1ccc(-c2cncs2)cc1C=O. The highest BCUT2D eigenvalue weighted by atomic mass is 32.1. The molecule has 0 amide bonds. The number of aromatic nitrogens is 1. The summed E-state index contributed by atoms with van der Waals surface area (Å²) >= 11 is 1.54. The summed E-state index contributed by atoms with van der Waals surface area (Å²) < 4.78 is 5.07. The van der Waals surface area contributed by atoms with Crippen molar-refractivity contribution >= 4 is 17.6 Å². The van der Waals surface area contributed by atoms with E-state index in [-0.39, 0.29) is 0 Å². The number of carbonyl (C=O) groups is 1. The fourth-order valence-electron chi connectivity index (χ4n) is 1.34. The molecule has 1 aromatic heterocycles. The molecule has 0 saturated heterocycles. The Bertz CT molecular complexity index is 465. The number of rotatable bonds is 3. The van der Waals surface area contributed by atoms with Gasteiger partial charge < -0.3 is 4.74 Å².